The number of ether oxygens (including phenoxy) is 1. The first-order valence-electron chi connectivity index (χ1n) is 5.51. The average Bonchev–Trinajstić information content (AvgIpc) is 2.81. The molecule has 100 valence electrons. The predicted molar refractivity (Wildman–Crippen MR) is 68.0 cm³/mol. The number of methoxy groups -OCH3 is 1. The first-order valence-corrected chi connectivity index (χ1v) is 5.51. The summed E-state index contributed by atoms with van der Waals surface area (Å²) in [6.45, 7) is 0.470. The van der Waals surface area contributed by atoms with Crippen LogP contribution in [0.2, 0.25) is 0 Å². The Hall–Kier alpha value is -2.64. The summed E-state index contributed by atoms with van der Waals surface area (Å²) < 4.78 is 6.78. The van der Waals surface area contributed by atoms with Crippen molar-refractivity contribution in [3.05, 3.63) is 40.5 Å². The van der Waals surface area contributed by atoms with Crippen molar-refractivity contribution in [1.82, 2.24) is 14.8 Å². The lowest BCUT2D eigenvalue weighted by Gasteiger charge is -2.08. The molecule has 2 aromatic rings. The minimum atomic E-state index is -0.481. The van der Waals surface area contributed by atoms with Gasteiger partial charge >= 0.3 is 5.69 Å². The summed E-state index contributed by atoms with van der Waals surface area (Å²) in [5, 5.41) is 21.6. The predicted octanol–water partition coefficient (Wildman–Crippen LogP) is 1.34. The molecule has 0 saturated heterocycles. The molecular formula is C11H13N5O3. The third kappa shape index (κ3) is 2.79. The molecule has 0 aliphatic carbocycles. The lowest BCUT2D eigenvalue weighted by Crippen LogP contribution is -2.06. The first-order chi connectivity index (χ1) is 9.11. The van der Waals surface area contributed by atoms with Gasteiger partial charge in [-0.25, -0.2) is 0 Å². The Balaban J connectivity index is 2.13. The summed E-state index contributed by atoms with van der Waals surface area (Å²) >= 11 is 0. The van der Waals surface area contributed by atoms with Crippen LogP contribution in [0.5, 0.6) is 5.75 Å². The summed E-state index contributed by atoms with van der Waals surface area (Å²) in [4.78, 5) is 10.3. The summed E-state index contributed by atoms with van der Waals surface area (Å²) in [5.41, 5.74) is 0.650. The van der Waals surface area contributed by atoms with Crippen LogP contribution in [-0.4, -0.2) is 26.8 Å². The Bertz CT molecular complexity index is 596. The van der Waals surface area contributed by atoms with Crippen LogP contribution in [0.3, 0.4) is 0 Å². The Morgan fingerprint density at radius 3 is 2.89 bits per heavy atom. The molecule has 0 saturated carbocycles. The number of benzene rings is 1. The fourth-order valence-corrected chi connectivity index (χ4v) is 1.59. The zero-order valence-corrected chi connectivity index (χ0v) is 10.5. The van der Waals surface area contributed by atoms with Gasteiger partial charge in [0.05, 0.1) is 18.6 Å². The van der Waals surface area contributed by atoms with Crippen LogP contribution in [0.4, 0.5) is 11.4 Å². The van der Waals surface area contributed by atoms with E-state index in [0.717, 1.165) is 5.82 Å². The Morgan fingerprint density at radius 1 is 1.53 bits per heavy atom. The van der Waals surface area contributed by atoms with E-state index in [1.54, 1.807) is 23.0 Å². The fraction of sp³-hybridized carbons (Fsp3) is 0.273. The van der Waals surface area contributed by atoms with Crippen LogP contribution in [0.25, 0.3) is 0 Å². The molecule has 0 unspecified atom stereocenters. The molecule has 0 aliphatic heterocycles. The van der Waals surface area contributed by atoms with Crippen LogP contribution in [-0.2, 0) is 13.6 Å². The van der Waals surface area contributed by atoms with Gasteiger partial charge in [0.15, 0.2) is 11.6 Å². The Kier molecular flexibility index (Phi) is 3.60. The number of aromatic nitrogens is 3. The second-order valence-corrected chi connectivity index (χ2v) is 3.86. The number of anilines is 1. The van der Waals surface area contributed by atoms with Gasteiger partial charge in [0.2, 0.25) is 0 Å². The highest BCUT2D eigenvalue weighted by Crippen LogP contribution is 2.29. The molecule has 0 fully saturated rings. The highest BCUT2D eigenvalue weighted by molar-refractivity contribution is 5.57. The molecule has 0 spiro atoms. The number of hydrogen-bond acceptors (Lipinski definition) is 6. The standard InChI is InChI=1S/C11H13N5O3/c1-15-7-13-14-11(15)6-12-8-3-4-9(16(17)18)10(5-8)19-2/h3-5,7,12H,6H2,1-2H3. The number of rotatable bonds is 5. The molecule has 8 nitrogen and oxygen atoms in total. The van der Waals surface area contributed by atoms with E-state index < -0.39 is 4.92 Å². The van der Waals surface area contributed by atoms with Gasteiger partial charge in [-0.1, -0.05) is 0 Å². The van der Waals surface area contributed by atoms with E-state index in [1.165, 1.54) is 13.2 Å². The molecule has 1 N–H and O–H groups in total. The lowest BCUT2D eigenvalue weighted by atomic mass is 10.2. The van der Waals surface area contributed by atoms with Gasteiger partial charge < -0.3 is 14.6 Å². The van der Waals surface area contributed by atoms with Gasteiger partial charge in [-0.2, -0.15) is 0 Å². The molecule has 19 heavy (non-hydrogen) atoms. The highest BCUT2D eigenvalue weighted by atomic mass is 16.6. The zero-order valence-electron chi connectivity index (χ0n) is 10.5. The molecule has 1 aromatic carbocycles. The minimum Gasteiger partial charge on any atom is -0.490 e. The second kappa shape index (κ2) is 5.34. The third-order valence-corrected chi connectivity index (χ3v) is 2.63. The summed E-state index contributed by atoms with van der Waals surface area (Å²) in [6.07, 6.45) is 1.60. The fourth-order valence-electron chi connectivity index (χ4n) is 1.59. The normalized spacial score (nSPS) is 10.2. The van der Waals surface area contributed by atoms with Gasteiger partial charge in [0.25, 0.3) is 0 Å². The molecule has 0 amide bonds. The van der Waals surface area contributed by atoms with E-state index in [0.29, 0.717) is 12.2 Å². The Morgan fingerprint density at radius 2 is 2.32 bits per heavy atom. The molecule has 0 atom stereocenters. The maximum atomic E-state index is 10.8. The summed E-state index contributed by atoms with van der Waals surface area (Å²) in [7, 11) is 3.24. The monoisotopic (exact) mass is 263 g/mol. The van der Waals surface area contributed by atoms with Crippen LogP contribution < -0.4 is 10.1 Å². The maximum Gasteiger partial charge on any atom is 0.311 e. The van der Waals surface area contributed by atoms with Crippen molar-refractivity contribution in [2.45, 2.75) is 6.54 Å². The third-order valence-electron chi connectivity index (χ3n) is 2.63. The number of nitrogens with one attached hydrogen (secondary N) is 1. The van der Waals surface area contributed by atoms with Crippen LogP contribution >= 0.6 is 0 Å². The smallest absolute Gasteiger partial charge is 0.311 e. The van der Waals surface area contributed by atoms with E-state index in [1.807, 2.05) is 7.05 Å². The van der Waals surface area contributed by atoms with Crippen molar-refractivity contribution in [3.63, 3.8) is 0 Å². The molecule has 1 heterocycles. The zero-order chi connectivity index (χ0) is 13.8. The van der Waals surface area contributed by atoms with E-state index in [4.69, 9.17) is 4.74 Å². The molecule has 1 aromatic heterocycles. The number of nitrogens with zero attached hydrogens (tertiary/aromatic N) is 4. The second-order valence-electron chi connectivity index (χ2n) is 3.86. The lowest BCUT2D eigenvalue weighted by molar-refractivity contribution is -0.385. The van der Waals surface area contributed by atoms with E-state index in [9.17, 15) is 10.1 Å². The molecule has 0 bridgehead atoms. The molecule has 0 aliphatic rings. The van der Waals surface area contributed by atoms with E-state index >= 15 is 0 Å². The van der Waals surface area contributed by atoms with Crippen molar-refractivity contribution in [1.29, 1.82) is 0 Å². The van der Waals surface area contributed by atoms with E-state index in [-0.39, 0.29) is 11.4 Å². The van der Waals surface area contributed by atoms with Crippen LogP contribution in [0, 0.1) is 10.1 Å². The van der Waals surface area contributed by atoms with Gasteiger partial charge in [-0.05, 0) is 6.07 Å². The molecular weight excluding hydrogens is 250 g/mol. The van der Waals surface area contributed by atoms with Crippen molar-refractivity contribution < 1.29 is 9.66 Å². The van der Waals surface area contributed by atoms with E-state index in [2.05, 4.69) is 15.5 Å². The topological polar surface area (TPSA) is 95.1 Å². The van der Waals surface area contributed by atoms with Gasteiger partial charge in [0, 0.05) is 24.9 Å². The van der Waals surface area contributed by atoms with Crippen molar-refractivity contribution >= 4 is 11.4 Å². The number of aryl methyl sites for hydroxylation is 1. The molecule has 8 heteroatoms. The van der Waals surface area contributed by atoms with Crippen molar-refractivity contribution in [3.8, 4) is 5.75 Å². The summed E-state index contributed by atoms with van der Waals surface area (Å²) in [6, 6.07) is 4.60. The van der Waals surface area contributed by atoms with Gasteiger partial charge in [0.1, 0.15) is 6.33 Å². The largest absolute Gasteiger partial charge is 0.490 e. The first kappa shape index (κ1) is 12.8. The highest BCUT2D eigenvalue weighted by Gasteiger charge is 2.14. The van der Waals surface area contributed by atoms with Crippen LogP contribution in [0.15, 0.2) is 24.5 Å². The maximum absolute atomic E-state index is 10.8. The SMILES string of the molecule is COc1cc(NCc2nncn2C)ccc1[N+](=O)[O-]. The number of hydrogen-bond donors (Lipinski definition) is 1. The molecule has 2 rings (SSSR count). The van der Waals surface area contributed by atoms with Crippen molar-refractivity contribution in [2.24, 2.45) is 7.05 Å². The van der Waals surface area contributed by atoms with Crippen molar-refractivity contribution in [2.75, 3.05) is 12.4 Å². The van der Waals surface area contributed by atoms with Crippen LogP contribution in [0.1, 0.15) is 5.82 Å². The van der Waals surface area contributed by atoms with Gasteiger partial charge in [-0.3, -0.25) is 10.1 Å². The average molecular weight is 263 g/mol. The minimum absolute atomic E-state index is 0.0632. The Labute approximate surface area is 109 Å². The summed E-state index contributed by atoms with van der Waals surface area (Å²) in [5.74, 6) is 0.977. The number of nitro benzene ring substituents is 1. The number of nitro groups is 1. The van der Waals surface area contributed by atoms with Gasteiger partial charge in [-0.15, -0.1) is 10.2 Å². The molecule has 0 radical (unpaired) electrons. The quantitative estimate of drug-likeness (QED) is 0.646.